The Morgan fingerprint density at radius 2 is 2.20 bits per heavy atom. The first-order chi connectivity index (χ1) is 4.18. The lowest BCUT2D eigenvalue weighted by Crippen LogP contribution is -2.31. The molecular weight excluding hydrogens is 160 g/mol. The van der Waals surface area contributed by atoms with Crippen molar-refractivity contribution < 1.29 is 14.7 Å². The highest BCUT2D eigenvalue weighted by molar-refractivity contribution is 5.85. The summed E-state index contributed by atoms with van der Waals surface area (Å²) in [5.41, 5.74) is 5.07. The number of nitrogens with two attached hydrogens (primary N) is 2. The van der Waals surface area contributed by atoms with Crippen molar-refractivity contribution in [3.05, 3.63) is 0 Å². The van der Waals surface area contributed by atoms with Crippen molar-refractivity contribution in [2.24, 2.45) is 11.6 Å². The Bertz CT molecular complexity index is 101. The zero-order valence-corrected chi connectivity index (χ0v) is 6.13. The molecule has 10 heavy (non-hydrogen) atoms. The van der Waals surface area contributed by atoms with Crippen LogP contribution in [0.4, 0.5) is 0 Å². The van der Waals surface area contributed by atoms with Gasteiger partial charge in [0.05, 0.1) is 6.61 Å². The smallest absolute Gasteiger partial charge is 0.320 e. The summed E-state index contributed by atoms with van der Waals surface area (Å²) >= 11 is 0. The zero-order chi connectivity index (χ0) is 7.28. The van der Waals surface area contributed by atoms with Gasteiger partial charge in [-0.1, -0.05) is 0 Å². The number of hydrogen-bond acceptors (Lipinski definition) is 4. The summed E-state index contributed by atoms with van der Waals surface area (Å²) in [5.74, 6) is 3.59. The minimum Gasteiger partial charge on any atom is -0.480 e. The molecule has 0 aliphatic rings. The lowest BCUT2D eigenvalue weighted by molar-refractivity contribution is -0.139. The number of rotatable bonds is 4. The van der Waals surface area contributed by atoms with Crippen LogP contribution in [0.5, 0.6) is 0 Å². The summed E-state index contributed by atoms with van der Waals surface area (Å²) in [6.45, 7) is 0.174. The first-order valence-electron chi connectivity index (χ1n) is 2.48. The second-order valence-electron chi connectivity index (χ2n) is 1.60. The fraction of sp³-hybridized carbons (Fsp3) is 0.750. The average molecular weight is 171 g/mol. The van der Waals surface area contributed by atoms with Crippen LogP contribution in [0.2, 0.25) is 0 Å². The average Bonchev–Trinajstić information content (AvgIpc) is 1.82. The molecule has 0 heterocycles. The monoisotopic (exact) mass is 170 g/mol. The molecule has 0 aromatic carbocycles. The highest BCUT2D eigenvalue weighted by Crippen LogP contribution is 1.85. The Kier molecular flexibility index (Phi) is 8.33. The van der Waals surface area contributed by atoms with Crippen LogP contribution in [-0.2, 0) is 9.63 Å². The molecule has 0 saturated heterocycles. The molecular formula is C4H11ClN2O3. The van der Waals surface area contributed by atoms with E-state index in [4.69, 9.17) is 10.8 Å². The molecule has 5 nitrogen and oxygen atoms in total. The molecule has 0 amide bonds. The molecule has 0 saturated carbocycles. The molecule has 62 valence electrons. The molecule has 0 aromatic heterocycles. The maximum absolute atomic E-state index is 9.98. The van der Waals surface area contributed by atoms with E-state index in [0.717, 1.165) is 0 Å². The molecule has 1 unspecified atom stereocenters. The Hall–Kier alpha value is -0.360. The summed E-state index contributed by atoms with van der Waals surface area (Å²) in [6.07, 6.45) is 0.242. The first-order valence-corrected chi connectivity index (χ1v) is 2.48. The van der Waals surface area contributed by atoms with E-state index in [2.05, 4.69) is 10.7 Å². The maximum atomic E-state index is 9.98. The zero-order valence-electron chi connectivity index (χ0n) is 5.32. The lowest BCUT2D eigenvalue weighted by Gasteiger charge is -2.02. The first kappa shape index (κ1) is 12.3. The summed E-state index contributed by atoms with van der Waals surface area (Å²) in [4.78, 5) is 14.1. The van der Waals surface area contributed by atoms with E-state index in [0.29, 0.717) is 0 Å². The maximum Gasteiger partial charge on any atom is 0.320 e. The lowest BCUT2D eigenvalue weighted by atomic mass is 10.2. The van der Waals surface area contributed by atoms with E-state index >= 15 is 0 Å². The van der Waals surface area contributed by atoms with Gasteiger partial charge in [0.2, 0.25) is 0 Å². The Morgan fingerprint density at radius 3 is 2.50 bits per heavy atom. The third-order valence-electron chi connectivity index (χ3n) is 0.864. The normalized spacial score (nSPS) is 11.8. The Balaban J connectivity index is 0. The van der Waals surface area contributed by atoms with Crippen LogP contribution >= 0.6 is 12.4 Å². The van der Waals surface area contributed by atoms with Gasteiger partial charge in [-0.3, -0.25) is 4.79 Å². The van der Waals surface area contributed by atoms with Crippen molar-refractivity contribution in [2.75, 3.05) is 6.61 Å². The van der Waals surface area contributed by atoms with Gasteiger partial charge in [-0.2, -0.15) is 0 Å². The van der Waals surface area contributed by atoms with E-state index in [9.17, 15) is 4.79 Å². The minimum atomic E-state index is -1.04. The molecule has 6 heteroatoms. The van der Waals surface area contributed by atoms with Gasteiger partial charge < -0.3 is 15.7 Å². The number of carbonyl (C=O) groups is 1. The molecule has 0 rings (SSSR count). The molecule has 0 aliphatic carbocycles. The number of hydrogen-bond donors (Lipinski definition) is 3. The molecule has 0 fully saturated rings. The number of aliphatic carboxylic acids is 1. The topological polar surface area (TPSA) is 98.6 Å². The second kappa shape index (κ2) is 6.76. The number of carboxylic acids is 1. The van der Waals surface area contributed by atoms with Gasteiger partial charge in [0.1, 0.15) is 6.04 Å². The third-order valence-corrected chi connectivity index (χ3v) is 0.864. The van der Waals surface area contributed by atoms with Gasteiger partial charge in [0.15, 0.2) is 0 Å². The highest BCUT2D eigenvalue weighted by Gasteiger charge is 2.09. The van der Waals surface area contributed by atoms with Gasteiger partial charge in [0.25, 0.3) is 0 Å². The summed E-state index contributed by atoms with van der Waals surface area (Å²) in [6, 6.07) is -0.867. The molecule has 0 spiro atoms. The summed E-state index contributed by atoms with van der Waals surface area (Å²) < 4.78 is 0. The van der Waals surface area contributed by atoms with Crippen molar-refractivity contribution in [3.63, 3.8) is 0 Å². The number of carboxylic acid groups (broad SMARTS) is 1. The van der Waals surface area contributed by atoms with Crippen molar-refractivity contribution in [1.29, 1.82) is 0 Å². The van der Waals surface area contributed by atoms with E-state index < -0.39 is 12.0 Å². The van der Waals surface area contributed by atoms with Gasteiger partial charge in [-0.15, -0.1) is 12.4 Å². The van der Waals surface area contributed by atoms with Crippen LogP contribution in [0.15, 0.2) is 0 Å². The van der Waals surface area contributed by atoms with Gasteiger partial charge >= 0.3 is 5.97 Å². The standard InChI is InChI=1S/C4H10N2O3.ClH/c5-3(4(7)8)1-2-9-6;/h3H,1-2,5-6H2,(H,7,8);1H. The molecule has 0 aliphatic heterocycles. The minimum absolute atomic E-state index is 0. The molecule has 0 aromatic rings. The SMILES string of the molecule is Cl.NOCCC(N)C(=O)O. The molecule has 1 atom stereocenters. The van der Waals surface area contributed by atoms with Crippen LogP contribution < -0.4 is 11.6 Å². The Morgan fingerprint density at radius 1 is 1.70 bits per heavy atom. The fourth-order valence-corrected chi connectivity index (χ4v) is 0.318. The van der Waals surface area contributed by atoms with Crippen LogP contribution in [0.25, 0.3) is 0 Å². The van der Waals surface area contributed by atoms with Crippen molar-refractivity contribution in [1.82, 2.24) is 0 Å². The van der Waals surface area contributed by atoms with Gasteiger partial charge in [-0.05, 0) is 6.42 Å². The highest BCUT2D eigenvalue weighted by atomic mass is 35.5. The quantitative estimate of drug-likeness (QED) is 0.475. The van der Waals surface area contributed by atoms with Crippen LogP contribution in [0.3, 0.4) is 0 Å². The summed E-state index contributed by atoms with van der Waals surface area (Å²) in [5, 5.41) is 8.19. The third kappa shape index (κ3) is 5.77. The van der Waals surface area contributed by atoms with Crippen LogP contribution in [0, 0.1) is 0 Å². The molecule has 0 radical (unpaired) electrons. The Labute approximate surface area is 64.7 Å². The van der Waals surface area contributed by atoms with E-state index in [1.165, 1.54) is 0 Å². The fourth-order valence-electron chi connectivity index (χ4n) is 0.318. The number of halogens is 1. The van der Waals surface area contributed by atoms with Gasteiger partial charge in [0, 0.05) is 0 Å². The molecule has 0 bridgehead atoms. The van der Waals surface area contributed by atoms with E-state index in [1.807, 2.05) is 0 Å². The summed E-state index contributed by atoms with van der Waals surface area (Å²) in [7, 11) is 0. The van der Waals surface area contributed by atoms with Crippen molar-refractivity contribution in [3.8, 4) is 0 Å². The largest absolute Gasteiger partial charge is 0.480 e. The predicted octanol–water partition coefficient (Wildman–Crippen LogP) is -0.899. The predicted molar refractivity (Wildman–Crippen MR) is 37.6 cm³/mol. The van der Waals surface area contributed by atoms with Crippen molar-refractivity contribution >= 4 is 18.4 Å². The van der Waals surface area contributed by atoms with Crippen LogP contribution in [0.1, 0.15) is 6.42 Å². The molecule has 5 N–H and O–H groups in total. The van der Waals surface area contributed by atoms with Gasteiger partial charge in [-0.25, -0.2) is 5.90 Å². The van der Waals surface area contributed by atoms with E-state index in [-0.39, 0.29) is 25.4 Å². The van der Waals surface area contributed by atoms with Crippen LogP contribution in [-0.4, -0.2) is 23.7 Å². The van der Waals surface area contributed by atoms with E-state index in [1.54, 1.807) is 0 Å². The van der Waals surface area contributed by atoms with Crippen molar-refractivity contribution in [2.45, 2.75) is 12.5 Å². The second-order valence-corrected chi connectivity index (χ2v) is 1.60.